The highest BCUT2D eigenvalue weighted by Gasteiger charge is 2.24. The van der Waals surface area contributed by atoms with Crippen LogP contribution < -0.4 is 10.6 Å². The third-order valence-electron chi connectivity index (χ3n) is 5.39. The van der Waals surface area contributed by atoms with Crippen molar-refractivity contribution in [2.75, 3.05) is 26.2 Å². The summed E-state index contributed by atoms with van der Waals surface area (Å²) >= 11 is 0. The molecule has 0 spiro atoms. The highest BCUT2D eigenvalue weighted by Crippen LogP contribution is 2.20. The lowest BCUT2D eigenvalue weighted by Crippen LogP contribution is -2.39. The molecule has 0 radical (unpaired) electrons. The number of likely N-dealkylation sites (tertiary alicyclic amines) is 1. The molecule has 3 rings (SSSR count). The van der Waals surface area contributed by atoms with Crippen LogP contribution in [0.4, 0.5) is 0 Å². The monoisotopic (exact) mass is 540 g/mol. The van der Waals surface area contributed by atoms with Crippen LogP contribution in [0.3, 0.4) is 0 Å². The van der Waals surface area contributed by atoms with Crippen LogP contribution in [0.2, 0.25) is 0 Å². The van der Waals surface area contributed by atoms with E-state index in [0.717, 1.165) is 57.3 Å². The van der Waals surface area contributed by atoms with Crippen molar-refractivity contribution in [3.63, 3.8) is 0 Å². The van der Waals surface area contributed by atoms with Crippen molar-refractivity contribution in [3.05, 3.63) is 47.6 Å². The molecule has 1 unspecified atom stereocenters. The molecular weight excluding hydrogens is 503 g/mol. The van der Waals surface area contributed by atoms with Crippen molar-refractivity contribution in [1.82, 2.24) is 25.7 Å². The molecule has 1 aromatic heterocycles. The molecule has 2 aromatic rings. The summed E-state index contributed by atoms with van der Waals surface area (Å²) in [5.74, 6) is 2.68. The average molecular weight is 540 g/mol. The van der Waals surface area contributed by atoms with Gasteiger partial charge in [0.2, 0.25) is 5.89 Å². The van der Waals surface area contributed by atoms with Crippen LogP contribution in [0, 0.1) is 0 Å². The normalized spacial score (nSPS) is 17.0. The van der Waals surface area contributed by atoms with Gasteiger partial charge in [-0.2, -0.15) is 4.98 Å². The van der Waals surface area contributed by atoms with Gasteiger partial charge < -0.3 is 15.2 Å². The Balaban J connectivity index is 0.00000341. The Morgan fingerprint density at radius 2 is 2.06 bits per heavy atom. The number of aliphatic imine (C=N–C) groups is 1. The second-order valence-corrected chi connectivity index (χ2v) is 8.20. The summed E-state index contributed by atoms with van der Waals surface area (Å²) in [6.07, 6.45) is 4.16. The molecule has 1 aliphatic heterocycles. The van der Waals surface area contributed by atoms with Crippen LogP contribution in [-0.2, 0) is 13.0 Å². The first kappa shape index (κ1) is 25.6. The van der Waals surface area contributed by atoms with Crippen LogP contribution in [0.25, 0.3) is 0 Å². The van der Waals surface area contributed by atoms with Gasteiger partial charge in [-0.25, -0.2) is 0 Å². The van der Waals surface area contributed by atoms with Gasteiger partial charge in [0.1, 0.15) is 0 Å². The average Bonchev–Trinajstić information content (AvgIpc) is 3.40. The molecule has 1 aromatic carbocycles. The molecule has 8 heteroatoms. The molecule has 7 nitrogen and oxygen atoms in total. The van der Waals surface area contributed by atoms with Crippen molar-refractivity contribution >= 4 is 29.9 Å². The molecule has 1 aliphatic rings. The number of aryl methyl sites for hydroxylation is 1. The number of hydrogen-bond acceptors (Lipinski definition) is 5. The van der Waals surface area contributed by atoms with Gasteiger partial charge in [-0.3, -0.25) is 9.89 Å². The molecule has 0 amide bonds. The lowest BCUT2D eigenvalue weighted by Gasteiger charge is -2.23. The SMILES string of the molecule is CCNC(=NCC1CCCN1Cc1ccccc1)NCCCc1nc(C(C)C)no1.I. The molecule has 0 aliphatic carbocycles. The lowest BCUT2D eigenvalue weighted by molar-refractivity contribution is 0.250. The highest BCUT2D eigenvalue weighted by molar-refractivity contribution is 14.0. The Hall–Kier alpha value is -1.68. The van der Waals surface area contributed by atoms with Crippen LogP contribution in [0.15, 0.2) is 39.8 Å². The van der Waals surface area contributed by atoms with Gasteiger partial charge in [0.05, 0.1) is 6.54 Å². The van der Waals surface area contributed by atoms with Gasteiger partial charge in [0, 0.05) is 38.0 Å². The first-order valence-corrected chi connectivity index (χ1v) is 11.3. The summed E-state index contributed by atoms with van der Waals surface area (Å²) in [7, 11) is 0. The first-order valence-electron chi connectivity index (χ1n) is 11.3. The zero-order valence-corrected chi connectivity index (χ0v) is 21.3. The fraction of sp³-hybridized carbons (Fsp3) is 0.609. The summed E-state index contributed by atoms with van der Waals surface area (Å²) in [5, 5.41) is 10.8. The predicted molar refractivity (Wildman–Crippen MR) is 136 cm³/mol. The first-order chi connectivity index (χ1) is 14.7. The van der Waals surface area contributed by atoms with Crippen molar-refractivity contribution in [3.8, 4) is 0 Å². The Morgan fingerprint density at radius 3 is 2.77 bits per heavy atom. The Morgan fingerprint density at radius 1 is 1.26 bits per heavy atom. The zero-order valence-electron chi connectivity index (χ0n) is 19.0. The van der Waals surface area contributed by atoms with Gasteiger partial charge in [0.25, 0.3) is 0 Å². The number of rotatable bonds is 10. The van der Waals surface area contributed by atoms with Crippen LogP contribution in [0.1, 0.15) is 63.2 Å². The summed E-state index contributed by atoms with van der Waals surface area (Å²) in [4.78, 5) is 11.9. The number of aromatic nitrogens is 2. The Bertz CT molecular complexity index is 779. The van der Waals surface area contributed by atoms with E-state index in [-0.39, 0.29) is 24.0 Å². The standard InChI is InChI=1S/C23H36N6O.HI/c1-4-24-23(25-14-8-13-21-27-22(18(2)3)28-30-21)26-16-20-12-9-15-29(20)17-19-10-6-5-7-11-19;/h5-7,10-11,18,20H,4,8-9,12-17H2,1-3H3,(H2,24,25,26);1H. The summed E-state index contributed by atoms with van der Waals surface area (Å²) in [5.41, 5.74) is 1.38. The second-order valence-electron chi connectivity index (χ2n) is 8.20. The van der Waals surface area contributed by atoms with Crippen LogP contribution in [0.5, 0.6) is 0 Å². The van der Waals surface area contributed by atoms with Crippen molar-refractivity contribution in [1.29, 1.82) is 0 Å². The van der Waals surface area contributed by atoms with Gasteiger partial charge in [-0.05, 0) is 38.3 Å². The molecule has 31 heavy (non-hydrogen) atoms. The Kier molecular flexibility index (Phi) is 11.3. The predicted octanol–water partition coefficient (Wildman–Crippen LogP) is 3.96. The van der Waals surface area contributed by atoms with E-state index < -0.39 is 0 Å². The number of halogens is 1. The molecule has 2 heterocycles. The van der Waals surface area contributed by atoms with Crippen molar-refractivity contribution < 1.29 is 4.52 Å². The van der Waals surface area contributed by atoms with E-state index in [0.29, 0.717) is 17.9 Å². The largest absolute Gasteiger partial charge is 0.357 e. The summed E-state index contributed by atoms with van der Waals surface area (Å²) in [6.45, 7) is 10.9. The fourth-order valence-electron chi connectivity index (χ4n) is 3.72. The number of nitrogens with one attached hydrogen (secondary N) is 2. The van der Waals surface area contributed by atoms with Gasteiger partial charge in [-0.1, -0.05) is 49.3 Å². The number of guanidine groups is 1. The van der Waals surface area contributed by atoms with Crippen molar-refractivity contribution in [2.45, 2.75) is 65.0 Å². The fourth-order valence-corrected chi connectivity index (χ4v) is 3.72. The van der Waals surface area contributed by atoms with Gasteiger partial charge >= 0.3 is 0 Å². The van der Waals surface area contributed by atoms with E-state index in [1.54, 1.807) is 0 Å². The Labute approximate surface area is 203 Å². The lowest BCUT2D eigenvalue weighted by atomic mass is 10.2. The van der Waals surface area contributed by atoms with Gasteiger partial charge in [0.15, 0.2) is 11.8 Å². The molecule has 1 atom stereocenters. The molecule has 0 saturated carbocycles. The molecule has 0 bridgehead atoms. The highest BCUT2D eigenvalue weighted by atomic mass is 127. The minimum atomic E-state index is 0. The third-order valence-corrected chi connectivity index (χ3v) is 5.39. The second kappa shape index (κ2) is 13.7. The van der Waals surface area contributed by atoms with E-state index >= 15 is 0 Å². The minimum Gasteiger partial charge on any atom is -0.357 e. The molecule has 172 valence electrons. The topological polar surface area (TPSA) is 78.6 Å². The molecular formula is C23H37IN6O. The quantitative estimate of drug-likeness (QED) is 0.206. The van der Waals surface area contributed by atoms with Crippen LogP contribution >= 0.6 is 24.0 Å². The maximum atomic E-state index is 5.32. The summed E-state index contributed by atoms with van der Waals surface area (Å²) in [6, 6.07) is 11.2. The maximum Gasteiger partial charge on any atom is 0.226 e. The molecule has 1 saturated heterocycles. The molecule has 2 N–H and O–H groups in total. The summed E-state index contributed by atoms with van der Waals surface area (Å²) < 4.78 is 5.32. The number of hydrogen-bond donors (Lipinski definition) is 2. The van der Waals surface area contributed by atoms with E-state index in [4.69, 9.17) is 9.52 Å². The van der Waals surface area contributed by atoms with E-state index in [9.17, 15) is 0 Å². The van der Waals surface area contributed by atoms with Gasteiger partial charge in [-0.15, -0.1) is 24.0 Å². The van der Waals surface area contributed by atoms with Crippen LogP contribution in [-0.4, -0.2) is 53.2 Å². The number of benzene rings is 1. The maximum absolute atomic E-state index is 5.32. The minimum absolute atomic E-state index is 0. The number of nitrogens with zero attached hydrogens (tertiary/aromatic N) is 4. The third kappa shape index (κ3) is 8.40. The van der Waals surface area contributed by atoms with E-state index in [1.807, 2.05) is 0 Å². The van der Waals surface area contributed by atoms with Crippen molar-refractivity contribution in [2.24, 2.45) is 4.99 Å². The zero-order chi connectivity index (χ0) is 21.2. The van der Waals surface area contributed by atoms with E-state index in [1.165, 1.54) is 18.4 Å². The van der Waals surface area contributed by atoms with E-state index in [2.05, 4.69) is 76.8 Å². The molecule has 1 fully saturated rings. The smallest absolute Gasteiger partial charge is 0.226 e.